The van der Waals surface area contributed by atoms with Crippen LogP contribution in [0.15, 0.2) is 93.5 Å². The number of rotatable bonds is 3. The summed E-state index contributed by atoms with van der Waals surface area (Å²) in [5.41, 5.74) is 6.50. The molecule has 0 aliphatic carbocycles. The molecule has 0 unspecified atom stereocenters. The van der Waals surface area contributed by atoms with Crippen molar-refractivity contribution in [1.82, 2.24) is 9.97 Å². The molecule has 0 spiro atoms. The maximum atomic E-state index is 10.0. The molecule has 0 saturated carbocycles. The minimum Gasteiger partial charge on any atom is -0.512 e. The predicted molar refractivity (Wildman–Crippen MR) is 141 cm³/mol. The van der Waals surface area contributed by atoms with Crippen LogP contribution in [0.2, 0.25) is 0 Å². The van der Waals surface area contributed by atoms with Gasteiger partial charge in [0.05, 0.1) is 16.9 Å². The van der Waals surface area contributed by atoms with Gasteiger partial charge in [0, 0.05) is 48.9 Å². The molecule has 1 N–H and O–H groups in total. The third kappa shape index (κ3) is 5.53. The van der Waals surface area contributed by atoms with Crippen LogP contribution in [0, 0.1) is 13.0 Å². The molecular weight excluding hydrogens is 645 g/mol. The zero-order valence-corrected chi connectivity index (χ0v) is 22.8. The quantitative estimate of drug-likeness (QED) is 0.119. The van der Waals surface area contributed by atoms with Crippen molar-refractivity contribution in [1.29, 1.82) is 0 Å². The first-order valence-corrected chi connectivity index (χ1v) is 11.4. The van der Waals surface area contributed by atoms with E-state index in [0.717, 1.165) is 55.7 Å². The van der Waals surface area contributed by atoms with E-state index in [2.05, 4.69) is 11.1 Å². The van der Waals surface area contributed by atoms with Crippen molar-refractivity contribution in [2.45, 2.75) is 20.8 Å². The van der Waals surface area contributed by atoms with Crippen molar-refractivity contribution in [3.63, 3.8) is 0 Å². The van der Waals surface area contributed by atoms with Crippen molar-refractivity contribution in [2.24, 2.45) is 0 Å². The third-order valence-electron chi connectivity index (χ3n) is 5.54. The summed E-state index contributed by atoms with van der Waals surface area (Å²) in [4.78, 5) is 19.4. The fraction of sp³-hybridized carbons (Fsp3) is 0.100. The Hall–Kier alpha value is -4.06. The van der Waals surface area contributed by atoms with Crippen LogP contribution >= 0.6 is 0 Å². The Kier molecular flexibility index (Phi) is 7.67. The molecular formula is C30H23IrN2O4-. The van der Waals surface area contributed by atoms with Gasteiger partial charge in [0.15, 0.2) is 11.4 Å². The number of aliphatic hydroxyl groups is 1. The molecule has 0 amide bonds. The van der Waals surface area contributed by atoms with Crippen molar-refractivity contribution >= 4 is 39.0 Å². The fourth-order valence-electron chi connectivity index (χ4n) is 4.01. The summed E-state index contributed by atoms with van der Waals surface area (Å²) in [5, 5.41) is 10.4. The molecule has 6 aromatic rings. The fourth-order valence-corrected chi connectivity index (χ4v) is 4.01. The standard InChI is InChI=1S/C25H15N2O2.C5H8O2.Ir/c1-15-10-11-18-17-8-5-9-19(24(17)29-25(18)26-15)20-12-13-22-21(27-20)14-23(28-22)16-6-3-2-4-7-16;1-4(6)3-5(2)7;/h2-8,10-14H,1H3;3,6H,1-2H3;/q-1;;/b;4-3-;. The Labute approximate surface area is 227 Å². The molecule has 0 fully saturated rings. The van der Waals surface area contributed by atoms with Crippen LogP contribution in [0.1, 0.15) is 19.5 Å². The first-order chi connectivity index (χ1) is 17.4. The maximum Gasteiger partial charge on any atom is 0.216 e. The number of carbonyl (C=O) groups is 1. The number of carbonyl (C=O) groups excluding carboxylic acids is 1. The number of aliphatic hydroxyl groups excluding tert-OH is 1. The topological polar surface area (TPSA) is 89.4 Å². The second-order valence-electron chi connectivity index (χ2n) is 8.46. The van der Waals surface area contributed by atoms with Gasteiger partial charge in [-0.05, 0) is 44.7 Å². The zero-order chi connectivity index (χ0) is 25.2. The normalized spacial score (nSPS) is 11.3. The first kappa shape index (κ1) is 26.0. The van der Waals surface area contributed by atoms with Crippen LogP contribution in [0.4, 0.5) is 0 Å². The molecule has 37 heavy (non-hydrogen) atoms. The maximum absolute atomic E-state index is 10.0. The Morgan fingerprint density at radius 1 is 0.946 bits per heavy atom. The van der Waals surface area contributed by atoms with Crippen molar-refractivity contribution in [3.05, 3.63) is 96.4 Å². The first-order valence-electron chi connectivity index (χ1n) is 11.4. The number of pyridine rings is 2. The van der Waals surface area contributed by atoms with Gasteiger partial charge in [-0.2, -0.15) is 0 Å². The summed E-state index contributed by atoms with van der Waals surface area (Å²) in [6.07, 6.45) is 1.17. The largest absolute Gasteiger partial charge is 0.512 e. The van der Waals surface area contributed by atoms with E-state index in [0.29, 0.717) is 5.71 Å². The number of aromatic nitrogens is 2. The van der Waals surface area contributed by atoms with Crippen LogP contribution in [-0.4, -0.2) is 20.9 Å². The smallest absolute Gasteiger partial charge is 0.216 e. The average Bonchev–Trinajstić information content (AvgIpc) is 3.44. The second-order valence-corrected chi connectivity index (χ2v) is 8.46. The Balaban J connectivity index is 0.000000356. The van der Waals surface area contributed by atoms with Gasteiger partial charge in [0.1, 0.15) is 5.76 Å². The molecule has 4 aromatic heterocycles. The van der Waals surface area contributed by atoms with E-state index in [1.165, 1.54) is 19.9 Å². The molecule has 7 heteroatoms. The number of benzene rings is 2. The second kappa shape index (κ2) is 10.9. The number of furan rings is 2. The minimum atomic E-state index is -0.125. The summed E-state index contributed by atoms with van der Waals surface area (Å²) in [7, 11) is 0. The van der Waals surface area contributed by atoms with Gasteiger partial charge in [-0.15, -0.1) is 18.2 Å². The van der Waals surface area contributed by atoms with Gasteiger partial charge in [0.25, 0.3) is 0 Å². The Bertz CT molecular complexity index is 1750. The molecule has 6 nitrogen and oxygen atoms in total. The summed E-state index contributed by atoms with van der Waals surface area (Å²) in [6, 6.07) is 27.1. The molecule has 1 radical (unpaired) electrons. The van der Waals surface area contributed by atoms with E-state index in [9.17, 15) is 4.79 Å². The molecule has 0 saturated heterocycles. The Morgan fingerprint density at radius 3 is 2.43 bits per heavy atom. The van der Waals surface area contributed by atoms with E-state index in [1.807, 2.05) is 79.7 Å². The van der Waals surface area contributed by atoms with Gasteiger partial charge >= 0.3 is 0 Å². The predicted octanol–water partition coefficient (Wildman–Crippen LogP) is 7.60. The van der Waals surface area contributed by atoms with Gasteiger partial charge in [-0.1, -0.05) is 47.3 Å². The van der Waals surface area contributed by atoms with Gasteiger partial charge in [0.2, 0.25) is 5.71 Å². The summed E-state index contributed by atoms with van der Waals surface area (Å²) >= 11 is 0. The molecule has 2 aromatic carbocycles. The number of ketones is 1. The van der Waals surface area contributed by atoms with E-state index >= 15 is 0 Å². The van der Waals surface area contributed by atoms with Gasteiger partial charge in [-0.25, -0.2) is 4.98 Å². The molecule has 6 rings (SSSR count). The van der Waals surface area contributed by atoms with Crippen molar-refractivity contribution < 1.29 is 38.8 Å². The van der Waals surface area contributed by atoms with Crippen LogP contribution in [0.25, 0.3) is 55.7 Å². The van der Waals surface area contributed by atoms with Gasteiger partial charge < -0.3 is 13.9 Å². The third-order valence-corrected chi connectivity index (χ3v) is 5.54. The number of hydrogen-bond donors (Lipinski definition) is 1. The van der Waals surface area contributed by atoms with E-state index < -0.39 is 0 Å². The zero-order valence-electron chi connectivity index (χ0n) is 20.4. The van der Waals surface area contributed by atoms with Gasteiger partial charge in [-0.3, -0.25) is 9.78 Å². The SMILES string of the molecule is CC(=O)/C=C(/C)O.Cc1ccc2c(n1)oc1c(-c3ccc4oc(-c5ccccc5)cc4n3)[c-]ccc12.[Ir]. The van der Waals surface area contributed by atoms with E-state index in [-0.39, 0.29) is 31.6 Å². The monoisotopic (exact) mass is 668 g/mol. The summed E-state index contributed by atoms with van der Waals surface area (Å²) < 4.78 is 12.1. The Morgan fingerprint density at radius 2 is 1.73 bits per heavy atom. The van der Waals surface area contributed by atoms with E-state index in [4.69, 9.17) is 18.9 Å². The molecule has 187 valence electrons. The molecule has 0 atom stereocenters. The number of fused-ring (bicyclic) bond motifs is 4. The number of allylic oxidation sites excluding steroid dienone is 2. The van der Waals surface area contributed by atoms with Crippen LogP contribution < -0.4 is 0 Å². The molecule has 4 heterocycles. The number of aryl methyl sites for hydroxylation is 1. The summed E-state index contributed by atoms with van der Waals surface area (Å²) in [5.74, 6) is 0.739. The molecule has 0 aliphatic heterocycles. The molecule has 0 aliphatic rings. The van der Waals surface area contributed by atoms with Crippen molar-refractivity contribution in [2.75, 3.05) is 0 Å². The van der Waals surface area contributed by atoms with Crippen LogP contribution in [0.5, 0.6) is 0 Å². The number of nitrogens with zero attached hydrogens (tertiary/aromatic N) is 2. The summed E-state index contributed by atoms with van der Waals surface area (Å²) in [6.45, 7) is 4.81. The van der Waals surface area contributed by atoms with E-state index in [1.54, 1.807) is 0 Å². The van der Waals surface area contributed by atoms with Crippen LogP contribution in [0.3, 0.4) is 0 Å². The van der Waals surface area contributed by atoms with Crippen molar-refractivity contribution in [3.8, 4) is 22.6 Å². The average molecular weight is 668 g/mol. The number of hydrogen-bond acceptors (Lipinski definition) is 6. The molecule has 0 bridgehead atoms. The minimum absolute atomic E-state index is 0. The van der Waals surface area contributed by atoms with Crippen LogP contribution in [-0.2, 0) is 24.9 Å².